The summed E-state index contributed by atoms with van der Waals surface area (Å²) < 4.78 is 0. The highest BCUT2D eigenvalue weighted by atomic mass is 14.6. The Kier molecular flexibility index (Phi) is 4.30. The molecular weight excluding hydrogens is 242 g/mol. The van der Waals surface area contributed by atoms with E-state index in [1.54, 1.807) is 5.56 Å². The lowest BCUT2D eigenvalue weighted by atomic mass is 9.66. The maximum atomic E-state index is 6.23. The summed E-state index contributed by atoms with van der Waals surface area (Å²) in [6.07, 6.45) is 6.56. The summed E-state index contributed by atoms with van der Waals surface area (Å²) in [4.78, 5) is 0. The van der Waals surface area contributed by atoms with Crippen molar-refractivity contribution in [3.8, 4) is 0 Å². The molecule has 1 aliphatic carbocycles. The Labute approximate surface area is 125 Å². The topological polar surface area (TPSA) is 26.0 Å². The van der Waals surface area contributed by atoms with Crippen molar-refractivity contribution in [2.45, 2.75) is 77.6 Å². The molecule has 0 aromatic heterocycles. The van der Waals surface area contributed by atoms with Crippen LogP contribution in [0.15, 0.2) is 12.1 Å². The van der Waals surface area contributed by atoms with Gasteiger partial charge in [0.15, 0.2) is 0 Å². The summed E-state index contributed by atoms with van der Waals surface area (Å²) in [6, 6.07) is 4.79. The second-order valence-corrected chi connectivity index (χ2v) is 7.78. The van der Waals surface area contributed by atoms with Crippen molar-refractivity contribution in [2.75, 3.05) is 6.54 Å². The molecule has 0 bridgehead atoms. The van der Waals surface area contributed by atoms with Gasteiger partial charge in [0.1, 0.15) is 0 Å². The summed E-state index contributed by atoms with van der Waals surface area (Å²) in [6.45, 7) is 12.2. The first-order valence-electron chi connectivity index (χ1n) is 8.12. The fourth-order valence-corrected chi connectivity index (χ4v) is 4.02. The van der Waals surface area contributed by atoms with Crippen molar-refractivity contribution < 1.29 is 0 Å². The van der Waals surface area contributed by atoms with E-state index >= 15 is 0 Å². The number of hydrogen-bond donors (Lipinski definition) is 1. The molecule has 20 heavy (non-hydrogen) atoms. The first-order chi connectivity index (χ1) is 9.30. The quantitative estimate of drug-likeness (QED) is 0.826. The van der Waals surface area contributed by atoms with Gasteiger partial charge in [-0.1, -0.05) is 52.2 Å². The highest BCUT2D eigenvalue weighted by molar-refractivity contribution is 5.45. The maximum absolute atomic E-state index is 6.23. The molecule has 1 aromatic rings. The lowest BCUT2D eigenvalue weighted by Gasteiger charge is -2.39. The number of benzene rings is 1. The van der Waals surface area contributed by atoms with Crippen LogP contribution < -0.4 is 5.73 Å². The first-order valence-corrected chi connectivity index (χ1v) is 8.12. The number of rotatable bonds is 2. The van der Waals surface area contributed by atoms with Crippen LogP contribution >= 0.6 is 0 Å². The van der Waals surface area contributed by atoms with Crippen LogP contribution in [0.5, 0.6) is 0 Å². The zero-order valence-corrected chi connectivity index (χ0v) is 14.0. The van der Waals surface area contributed by atoms with Crippen LogP contribution in [-0.2, 0) is 10.8 Å². The van der Waals surface area contributed by atoms with Crippen LogP contribution in [0, 0.1) is 13.8 Å². The fourth-order valence-electron chi connectivity index (χ4n) is 4.02. The van der Waals surface area contributed by atoms with E-state index in [1.807, 2.05) is 0 Å². The molecule has 1 aliphatic rings. The predicted octanol–water partition coefficient (Wildman–Crippen LogP) is 4.76. The number of nitrogens with two attached hydrogens (primary N) is 1. The lowest BCUT2D eigenvalue weighted by molar-refractivity contribution is 0.298. The molecule has 0 radical (unpaired) electrons. The molecular formula is C19H31N. The summed E-state index contributed by atoms with van der Waals surface area (Å²) >= 11 is 0. The third-order valence-electron chi connectivity index (χ3n) is 5.13. The van der Waals surface area contributed by atoms with E-state index in [9.17, 15) is 0 Å². The molecule has 1 fully saturated rings. The molecule has 0 heterocycles. The van der Waals surface area contributed by atoms with Gasteiger partial charge in [0.05, 0.1) is 0 Å². The van der Waals surface area contributed by atoms with Crippen LogP contribution in [0.4, 0.5) is 0 Å². The van der Waals surface area contributed by atoms with Gasteiger partial charge in [-0.25, -0.2) is 0 Å². The summed E-state index contributed by atoms with van der Waals surface area (Å²) in [5, 5.41) is 0. The van der Waals surface area contributed by atoms with E-state index in [1.165, 1.54) is 48.8 Å². The number of hydrogen-bond acceptors (Lipinski definition) is 1. The van der Waals surface area contributed by atoms with Crippen molar-refractivity contribution in [2.24, 2.45) is 5.73 Å². The van der Waals surface area contributed by atoms with Gasteiger partial charge in [0, 0.05) is 12.0 Å². The summed E-state index contributed by atoms with van der Waals surface area (Å²) in [7, 11) is 0. The van der Waals surface area contributed by atoms with Gasteiger partial charge in [0.2, 0.25) is 0 Å². The minimum Gasteiger partial charge on any atom is -0.330 e. The molecule has 2 rings (SSSR count). The normalized spacial score (nSPS) is 19.1. The number of aryl methyl sites for hydroxylation is 2. The first kappa shape index (κ1) is 15.6. The Hall–Kier alpha value is -0.820. The van der Waals surface area contributed by atoms with Gasteiger partial charge in [-0.3, -0.25) is 0 Å². The van der Waals surface area contributed by atoms with Crippen molar-refractivity contribution >= 4 is 0 Å². The maximum Gasteiger partial charge on any atom is 0.00808 e. The molecule has 112 valence electrons. The molecule has 1 aromatic carbocycles. The van der Waals surface area contributed by atoms with E-state index in [0.29, 0.717) is 0 Å². The molecule has 0 amide bonds. The van der Waals surface area contributed by atoms with Gasteiger partial charge < -0.3 is 5.73 Å². The molecule has 0 saturated heterocycles. The Bertz CT molecular complexity index is 450. The van der Waals surface area contributed by atoms with Gasteiger partial charge >= 0.3 is 0 Å². The van der Waals surface area contributed by atoms with Crippen molar-refractivity contribution in [1.82, 2.24) is 0 Å². The second kappa shape index (κ2) is 5.52. The van der Waals surface area contributed by atoms with E-state index in [4.69, 9.17) is 5.73 Å². The molecule has 1 heteroatoms. The Morgan fingerprint density at radius 2 is 1.50 bits per heavy atom. The second-order valence-electron chi connectivity index (χ2n) is 7.78. The SMILES string of the molecule is Cc1cc(C(C)(C)C)cc(C)c1C1(CN)CCCCC1. The van der Waals surface area contributed by atoms with Gasteiger partial charge in [-0.05, 0) is 54.4 Å². The monoisotopic (exact) mass is 273 g/mol. The smallest absolute Gasteiger partial charge is 0.00808 e. The van der Waals surface area contributed by atoms with E-state index < -0.39 is 0 Å². The van der Waals surface area contributed by atoms with Gasteiger partial charge in [0.25, 0.3) is 0 Å². The molecule has 0 unspecified atom stereocenters. The lowest BCUT2D eigenvalue weighted by Crippen LogP contribution is -2.38. The largest absolute Gasteiger partial charge is 0.330 e. The Morgan fingerprint density at radius 1 is 1.00 bits per heavy atom. The molecule has 0 spiro atoms. The average molecular weight is 273 g/mol. The molecule has 0 atom stereocenters. The molecule has 2 N–H and O–H groups in total. The van der Waals surface area contributed by atoms with Crippen molar-refractivity contribution in [3.63, 3.8) is 0 Å². The van der Waals surface area contributed by atoms with Crippen molar-refractivity contribution in [3.05, 3.63) is 34.4 Å². The highest BCUT2D eigenvalue weighted by Gasteiger charge is 2.35. The third-order valence-corrected chi connectivity index (χ3v) is 5.13. The molecule has 0 aliphatic heterocycles. The zero-order chi connectivity index (χ0) is 15.0. The minimum atomic E-state index is 0.219. The minimum absolute atomic E-state index is 0.219. The Morgan fingerprint density at radius 3 is 1.90 bits per heavy atom. The average Bonchev–Trinajstić information content (AvgIpc) is 2.38. The standard InChI is InChI=1S/C19H31N/c1-14-11-16(18(3,4)5)12-15(2)17(14)19(13-20)9-7-6-8-10-19/h11-12H,6-10,13,20H2,1-5H3. The zero-order valence-electron chi connectivity index (χ0n) is 14.0. The van der Waals surface area contributed by atoms with Gasteiger partial charge in [-0.2, -0.15) is 0 Å². The highest BCUT2D eigenvalue weighted by Crippen LogP contribution is 2.42. The van der Waals surface area contributed by atoms with Crippen molar-refractivity contribution in [1.29, 1.82) is 0 Å². The Balaban J connectivity index is 2.51. The summed E-state index contributed by atoms with van der Waals surface area (Å²) in [5.74, 6) is 0. The summed E-state index contributed by atoms with van der Waals surface area (Å²) in [5.41, 5.74) is 12.6. The van der Waals surface area contributed by atoms with E-state index in [-0.39, 0.29) is 10.8 Å². The predicted molar refractivity (Wildman–Crippen MR) is 88.4 cm³/mol. The van der Waals surface area contributed by atoms with Gasteiger partial charge in [-0.15, -0.1) is 0 Å². The van der Waals surface area contributed by atoms with Crippen LogP contribution in [0.3, 0.4) is 0 Å². The van der Waals surface area contributed by atoms with E-state index in [2.05, 4.69) is 46.8 Å². The molecule has 1 saturated carbocycles. The van der Waals surface area contributed by atoms with Crippen LogP contribution in [0.2, 0.25) is 0 Å². The van der Waals surface area contributed by atoms with E-state index in [0.717, 1.165) is 6.54 Å². The van der Waals surface area contributed by atoms with Crippen LogP contribution in [0.1, 0.15) is 75.1 Å². The molecule has 1 nitrogen and oxygen atoms in total. The fraction of sp³-hybridized carbons (Fsp3) is 0.684. The van der Waals surface area contributed by atoms with Crippen LogP contribution in [0.25, 0.3) is 0 Å². The third kappa shape index (κ3) is 2.79. The van der Waals surface area contributed by atoms with Crippen LogP contribution in [-0.4, -0.2) is 6.54 Å².